The van der Waals surface area contributed by atoms with Gasteiger partial charge in [-0.05, 0) is 24.3 Å². The number of rotatable bonds is 6. The Morgan fingerprint density at radius 3 is 2.33 bits per heavy atom. The second kappa shape index (κ2) is 9.88. The van der Waals surface area contributed by atoms with Gasteiger partial charge in [0.05, 0.1) is 17.5 Å². The van der Waals surface area contributed by atoms with Crippen molar-refractivity contribution in [2.75, 3.05) is 12.3 Å². The van der Waals surface area contributed by atoms with E-state index in [-0.39, 0.29) is 34.4 Å². The van der Waals surface area contributed by atoms with Gasteiger partial charge in [-0.2, -0.15) is 9.97 Å². The van der Waals surface area contributed by atoms with Gasteiger partial charge in [-0.15, -0.1) is 0 Å². The molecule has 12 heteroatoms. The van der Waals surface area contributed by atoms with E-state index in [1.54, 1.807) is 60.7 Å². The highest BCUT2D eigenvalue weighted by molar-refractivity contribution is 6.33. The molecule has 5 rings (SSSR count). The molecule has 0 aliphatic carbocycles. The molecule has 36 heavy (non-hydrogen) atoms. The summed E-state index contributed by atoms with van der Waals surface area (Å²) in [5.74, 6) is -1.52. The van der Waals surface area contributed by atoms with Crippen LogP contribution in [0, 0.1) is 0 Å². The Labute approximate surface area is 208 Å². The van der Waals surface area contributed by atoms with Gasteiger partial charge in [0.25, 0.3) is 0 Å². The van der Waals surface area contributed by atoms with Crippen molar-refractivity contribution in [3.8, 4) is 0 Å². The molecule has 2 aromatic heterocycles. The summed E-state index contributed by atoms with van der Waals surface area (Å²) in [6.07, 6.45) is -4.45. The van der Waals surface area contributed by atoms with Crippen LogP contribution in [0.15, 0.2) is 67.0 Å². The van der Waals surface area contributed by atoms with Crippen LogP contribution < -0.4 is 5.73 Å². The van der Waals surface area contributed by atoms with Crippen LogP contribution in [0.4, 0.5) is 10.3 Å². The predicted octanol–water partition coefficient (Wildman–Crippen LogP) is 3.38. The molecule has 0 radical (unpaired) electrons. The van der Waals surface area contributed by atoms with Gasteiger partial charge in [-0.25, -0.2) is 19.0 Å². The first-order chi connectivity index (χ1) is 17.4. The van der Waals surface area contributed by atoms with Gasteiger partial charge < -0.3 is 19.9 Å². The summed E-state index contributed by atoms with van der Waals surface area (Å²) < 4.78 is 33.9. The van der Waals surface area contributed by atoms with E-state index in [1.807, 2.05) is 0 Å². The molecule has 1 aliphatic heterocycles. The summed E-state index contributed by atoms with van der Waals surface area (Å²) in [6.45, 7) is -0.373. The fourth-order valence-electron chi connectivity index (χ4n) is 3.86. The number of nitrogens with zero attached hydrogens (tertiary/aromatic N) is 4. The van der Waals surface area contributed by atoms with Crippen LogP contribution in [-0.2, 0) is 14.2 Å². The fourth-order valence-corrected chi connectivity index (χ4v) is 4.08. The topological polar surface area (TPSA) is 131 Å². The summed E-state index contributed by atoms with van der Waals surface area (Å²) in [4.78, 5) is 37.2. The number of aromatic nitrogens is 4. The Morgan fingerprint density at radius 1 is 1.03 bits per heavy atom. The van der Waals surface area contributed by atoms with E-state index in [0.717, 1.165) is 0 Å². The van der Waals surface area contributed by atoms with Crippen molar-refractivity contribution in [1.82, 2.24) is 19.5 Å². The van der Waals surface area contributed by atoms with Gasteiger partial charge in [0.1, 0.15) is 18.2 Å². The van der Waals surface area contributed by atoms with Crippen molar-refractivity contribution < 1.29 is 28.2 Å². The highest BCUT2D eigenvalue weighted by Gasteiger charge is 2.50. The monoisotopic (exact) mass is 511 g/mol. The number of benzene rings is 2. The highest BCUT2D eigenvalue weighted by Crippen LogP contribution is 2.36. The molecule has 2 aromatic carbocycles. The van der Waals surface area contributed by atoms with Crippen molar-refractivity contribution in [3.05, 3.63) is 83.3 Å². The first-order valence-corrected chi connectivity index (χ1v) is 11.2. The quantitative estimate of drug-likeness (QED) is 0.305. The van der Waals surface area contributed by atoms with Crippen molar-refractivity contribution in [2.45, 2.75) is 24.6 Å². The van der Waals surface area contributed by atoms with Crippen LogP contribution in [0.2, 0.25) is 5.15 Å². The number of ether oxygens (including phenoxy) is 3. The number of fused-ring (bicyclic) bond motifs is 1. The van der Waals surface area contributed by atoms with Crippen LogP contribution >= 0.6 is 11.6 Å². The second-order valence-corrected chi connectivity index (χ2v) is 8.26. The average Bonchev–Trinajstić information content (AvgIpc) is 3.44. The number of esters is 2. The minimum Gasteiger partial charge on any atom is -0.459 e. The zero-order valence-electron chi connectivity index (χ0n) is 18.5. The lowest BCUT2D eigenvalue weighted by Crippen LogP contribution is -2.37. The average molecular weight is 512 g/mol. The molecule has 0 spiro atoms. The summed E-state index contributed by atoms with van der Waals surface area (Å²) >= 11 is 6.09. The maximum absolute atomic E-state index is 15.8. The van der Waals surface area contributed by atoms with Gasteiger partial charge in [-0.1, -0.05) is 48.0 Å². The molecule has 1 aliphatic rings. The van der Waals surface area contributed by atoms with Gasteiger partial charge in [0, 0.05) is 0 Å². The third kappa shape index (κ3) is 4.58. The molecule has 10 nitrogen and oxygen atoms in total. The molecule has 0 saturated carbocycles. The third-order valence-corrected chi connectivity index (χ3v) is 5.84. The number of anilines is 1. The number of carbonyl (C=O) groups excluding carboxylic acids is 2. The van der Waals surface area contributed by atoms with Crippen LogP contribution in [0.5, 0.6) is 0 Å². The second-order valence-electron chi connectivity index (χ2n) is 7.91. The molecule has 1 saturated heterocycles. The number of hydrogen-bond acceptors (Lipinski definition) is 9. The van der Waals surface area contributed by atoms with Crippen LogP contribution in [0.1, 0.15) is 26.9 Å². The number of hydrogen-bond donors (Lipinski definition) is 1. The maximum atomic E-state index is 15.8. The SMILES string of the molecule is Nc1nc(Cl)c2ncn([C@@H]3O[C@H](COC(=O)c4ccccc4)[C@@H](OC(=O)c4ccccc4)[C@@H]3F)c2n1. The van der Waals surface area contributed by atoms with E-state index in [2.05, 4.69) is 15.0 Å². The fraction of sp³-hybridized carbons (Fsp3) is 0.208. The molecule has 4 atom stereocenters. The van der Waals surface area contributed by atoms with E-state index < -0.39 is 36.5 Å². The van der Waals surface area contributed by atoms with Crippen LogP contribution in [-0.4, -0.2) is 56.4 Å². The van der Waals surface area contributed by atoms with Crippen molar-refractivity contribution in [3.63, 3.8) is 0 Å². The number of nitrogens with two attached hydrogens (primary N) is 1. The third-order valence-electron chi connectivity index (χ3n) is 5.58. The first-order valence-electron chi connectivity index (χ1n) is 10.9. The van der Waals surface area contributed by atoms with Crippen molar-refractivity contribution in [2.24, 2.45) is 0 Å². The smallest absolute Gasteiger partial charge is 0.338 e. The molecular weight excluding hydrogens is 493 g/mol. The van der Waals surface area contributed by atoms with Gasteiger partial charge in [0.15, 0.2) is 29.3 Å². The van der Waals surface area contributed by atoms with E-state index in [0.29, 0.717) is 5.56 Å². The molecular formula is C24H19ClFN5O5. The van der Waals surface area contributed by atoms with E-state index in [9.17, 15) is 9.59 Å². The normalized spacial score (nSPS) is 21.4. The molecule has 3 heterocycles. The lowest BCUT2D eigenvalue weighted by Gasteiger charge is -2.19. The predicted molar refractivity (Wildman–Crippen MR) is 126 cm³/mol. The molecule has 1 fully saturated rings. The molecule has 2 N–H and O–H groups in total. The van der Waals surface area contributed by atoms with Crippen LogP contribution in [0.25, 0.3) is 11.2 Å². The number of nitrogen functional groups attached to an aromatic ring is 1. The lowest BCUT2D eigenvalue weighted by molar-refractivity contribution is -0.0570. The Bertz CT molecular complexity index is 1400. The van der Waals surface area contributed by atoms with Gasteiger partial charge in [0.2, 0.25) is 5.95 Å². The van der Waals surface area contributed by atoms with Gasteiger partial charge in [-0.3, -0.25) is 4.57 Å². The largest absolute Gasteiger partial charge is 0.459 e. The van der Waals surface area contributed by atoms with Gasteiger partial charge >= 0.3 is 11.9 Å². The molecule has 0 unspecified atom stereocenters. The number of imidazole rings is 1. The Hall–Kier alpha value is -4.09. The van der Waals surface area contributed by atoms with E-state index >= 15 is 4.39 Å². The zero-order chi connectivity index (χ0) is 25.2. The summed E-state index contributed by atoms with van der Waals surface area (Å²) in [5.41, 5.74) is 6.57. The summed E-state index contributed by atoms with van der Waals surface area (Å²) in [6, 6.07) is 16.4. The summed E-state index contributed by atoms with van der Waals surface area (Å²) in [7, 11) is 0. The highest BCUT2D eigenvalue weighted by atomic mass is 35.5. The molecule has 0 amide bonds. The number of carbonyl (C=O) groups is 2. The number of alkyl halides is 1. The van der Waals surface area contributed by atoms with E-state index in [4.69, 9.17) is 31.5 Å². The Morgan fingerprint density at radius 2 is 1.67 bits per heavy atom. The molecule has 0 bridgehead atoms. The summed E-state index contributed by atoms with van der Waals surface area (Å²) in [5, 5.41) is -0.00921. The Kier molecular flexibility index (Phi) is 6.49. The minimum absolute atomic E-state index is 0.00921. The zero-order valence-corrected chi connectivity index (χ0v) is 19.3. The van der Waals surface area contributed by atoms with Crippen LogP contribution in [0.3, 0.4) is 0 Å². The Balaban J connectivity index is 1.42. The number of halogens is 2. The maximum Gasteiger partial charge on any atom is 0.338 e. The molecule has 184 valence electrons. The van der Waals surface area contributed by atoms with Crippen molar-refractivity contribution in [1.29, 1.82) is 0 Å². The first kappa shape index (κ1) is 23.6. The van der Waals surface area contributed by atoms with E-state index in [1.165, 1.54) is 10.9 Å². The van der Waals surface area contributed by atoms with Crippen molar-refractivity contribution >= 4 is 40.7 Å². The minimum atomic E-state index is -1.87. The lowest BCUT2D eigenvalue weighted by atomic mass is 10.1. The standard InChI is InChI=1S/C24H19ClFN5O5/c25-19-17-20(30-24(27)29-19)31(12-28-17)21-16(26)18(36-23(33)14-9-5-2-6-10-14)15(35-21)11-34-22(32)13-7-3-1-4-8-13/h1-10,12,15-16,18,21H,11H2,(H2,27,29,30)/t15-,16+,18-,21-/m1/s1. The molecule has 4 aromatic rings.